The zero-order valence-corrected chi connectivity index (χ0v) is 63.8. The number of esters is 1. The predicted molar refractivity (Wildman–Crippen MR) is 387 cm³/mol. The maximum Gasteiger partial charge on any atom is 0.643 e. The summed E-state index contributed by atoms with van der Waals surface area (Å²) < 4.78 is 47.1. The van der Waals surface area contributed by atoms with E-state index >= 15 is 0 Å². The van der Waals surface area contributed by atoms with Crippen LogP contribution in [0.2, 0.25) is 0 Å². The van der Waals surface area contributed by atoms with Gasteiger partial charge in [-0.2, -0.15) is 13.5 Å². The number of aromatic hydroxyl groups is 2. The minimum atomic E-state index is -4.94. The van der Waals surface area contributed by atoms with E-state index in [0.29, 0.717) is 17.1 Å². The van der Waals surface area contributed by atoms with Gasteiger partial charge in [-0.3, -0.25) is 19.2 Å². The number of aryl methyl sites for hydroxylation is 1. The number of anilines is 3. The number of rotatable bonds is 10. The first-order valence-electron chi connectivity index (χ1n) is 26.6. The standard InChI is InChI=1S/C18H18NO.2C10H13NO2.C8H11NO.C8H8O.C6H15N.C2H3ClO.Al.ClHO4.3ClH.S3.S2.H2S/c1-13-11-17(14-7-5-4-6-8-14)20-18-12-15(19(2)3)9-10-16(13)18;1-7(12)9-5-4-8(11(2)3)6-10(9)13;1-8(12)13-10-6-4-5-9(7-10)11(2)3;1-9(2)7-4-3-5-8(10)6-7;1-7(9)8-5-3-2-4-6-8;1-4-7(5-2)6-3;1-2(3)4;;2-1(3,4)5;;;;1-3-2;1-2;/h4-12H,1-3H3;4-6,13H,1-3H3;4-7H,1-3H3;3-6,10H,1-2H3;2-6H,1H3;4-6H2,1-3H3;1H3;;(H,2,3,4,5);3*1H;;;1H2/q+1;;;;;;;+3;;;;;;;/p-4. The molecule has 91 heavy (non-hydrogen) atoms. The van der Waals surface area contributed by atoms with E-state index in [1.54, 1.807) is 43.3 Å². The Morgan fingerprint density at radius 2 is 1.03 bits per heavy atom. The molecule has 29 heteroatoms. The highest BCUT2D eigenvalue weighted by molar-refractivity contribution is 8.37. The fourth-order valence-electron chi connectivity index (χ4n) is 6.57. The highest BCUT2D eigenvalue weighted by atomic mass is 35.8. The van der Waals surface area contributed by atoms with Crippen molar-refractivity contribution in [1.82, 2.24) is 9.48 Å². The molecule has 1 heterocycles. The van der Waals surface area contributed by atoms with E-state index in [2.05, 4.69) is 130 Å². The summed E-state index contributed by atoms with van der Waals surface area (Å²) in [5.41, 5.74) is 7.54. The molecule has 0 unspecified atom stereocenters. The molecule has 0 saturated heterocycles. The number of ketones is 2. The summed E-state index contributed by atoms with van der Waals surface area (Å²) in [6.45, 7) is 17.9. The van der Waals surface area contributed by atoms with Crippen molar-refractivity contribution < 1.29 is 67.4 Å². The predicted octanol–water partition coefficient (Wildman–Crippen LogP) is 9.23. The second-order valence-corrected chi connectivity index (χ2v) is 28.0. The molecule has 0 saturated carbocycles. The number of benzene rings is 6. The van der Waals surface area contributed by atoms with Crippen molar-refractivity contribution in [2.45, 2.75) is 55.4 Å². The Labute approximate surface area is 591 Å². The normalized spacial score (nSPS) is 9.24. The van der Waals surface area contributed by atoms with Gasteiger partial charge in [0.2, 0.25) is 10.6 Å². The van der Waals surface area contributed by atoms with Crippen LogP contribution in [-0.2, 0) is 63.2 Å². The zero-order chi connectivity index (χ0) is 70.3. The fraction of sp³-hybridized carbons (Fsp3) is 0.306. The summed E-state index contributed by atoms with van der Waals surface area (Å²) in [5.74, 6) is 2.47. The van der Waals surface area contributed by atoms with Crippen LogP contribution in [0.4, 0.5) is 17.1 Å². The molecule has 5 aromatic rings. The highest BCUT2D eigenvalue weighted by Gasteiger charge is 2.13. The number of carbonyl (C=O) groups excluding carboxylic acids is 4. The average Bonchev–Trinajstić information content (AvgIpc) is 0.823. The molecule has 1 aliphatic heterocycles. The number of fused-ring (bicyclic) bond motifs is 1. The molecule has 2 aliphatic rings. The third kappa shape index (κ3) is 51.4. The van der Waals surface area contributed by atoms with Gasteiger partial charge in [0, 0.05) is 168 Å². The van der Waals surface area contributed by atoms with Gasteiger partial charge in [-0.05, 0) is 106 Å². The molecule has 0 aromatic heterocycles. The van der Waals surface area contributed by atoms with Crippen molar-refractivity contribution >= 4 is 160 Å². The van der Waals surface area contributed by atoms with Crippen LogP contribution in [0.5, 0.6) is 17.2 Å². The lowest BCUT2D eigenvalue weighted by atomic mass is 10.0. The summed E-state index contributed by atoms with van der Waals surface area (Å²) in [6, 6.07) is 47.4. The zero-order valence-electron chi connectivity index (χ0n) is 53.8. The summed E-state index contributed by atoms with van der Waals surface area (Å²) >= 11 is 18.5. The molecule has 5 aromatic carbocycles. The molecule has 0 atom stereocenters. The van der Waals surface area contributed by atoms with Gasteiger partial charge < -0.3 is 39.0 Å². The molecule has 0 bridgehead atoms. The summed E-state index contributed by atoms with van der Waals surface area (Å²) in [6.07, 6.45) is 0. The molecule has 0 radical (unpaired) electrons. The first-order valence-corrected chi connectivity index (χ1v) is 37.5. The van der Waals surface area contributed by atoms with Crippen LogP contribution in [0.15, 0.2) is 156 Å². The van der Waals surface area contributed by atoms with Gasteiger partial charge in [0.1, 0.15) is 42.9 Å². The third-order valence-electron chi connectivity index (χ3n) is 10.9. The Bertz CT molecular complexity index is 3200. The first-order chi connectivity index (χ1) is 42.0. The van der Waals surface area contributed by atoms with Gasteiger partial charge in [0.15, 0.2) is 11.6 Å². The van der Waals surface area contributed by atoms with E-state index in [1.165, 1.54) is 46.0 Å². The van der Waals surface area contributed by atoms with E-state index in [1.807, 2.05) is 150 Å². The van der Waals surface area contributed by atoms with Crippen molar-refractivity contribution in [3.63, 3.8) is 0 Å². The lowest BCUT2D eigenvalue weighted by molar-refractivity contribution is -2.00. The minimum absolute atomic E-state index is 0. The molecule has 0 fully saturated rings. The third-order valence-corrected chi connectivity index (χ3v) is 10.9. The van der Waals surface area contributed by atoms with Gasteiger partial charge in [-0.1, -0.05) is 93.6 Å². The molecule has 7 rings (SSSR count). The Balaban J connectivity index is -0.000000315. The first kappa shape index (κ1) is 94.9. The van der Waals surface area contributed by atoms with Crippen LogP contribution in [0.25, 0.3) is 22.6 Å². The summed E-state index contributed by atoms with van der Waals surface area (Å²) in [4.78, 5) is 49.6. The number of ether oxygens (including phenoxy) is 1. The van der Waals surface area contributed by atoms with Gasteiger partial charge in [-0.25, -0.2) is 53.4 Å². The second-order valence-electron chi connectivity index (χ2n) is 18.5. The Morgan fingerprint density at radius 1 is 0.615 bits per heavy atom. The molecule has 2 N–H and O–H groups in total. The Hall–Kier alpha value is -4.76. The van der Waals surface area contributed by atoms with Gasteiger partial charge in [-0.15, -0.1) is 10.2 Å². The maximum absolute atomic E-state index is 11.0. The van der Waals surface area contributed by atoms with Crippen LogP contribution in [0.1, 0.15) is 74.7 Å². The summed E-state index contributed by atoms with van der Waals surface area (Å²) in [7, 11) is 26.4. The number of phenols is 2. The molecule has 0 amide bonds. The Kier molecular flexibility index (Phi) is 58.1. The van der Waals surface area contributed by atoms with Crippen molar-refractivity contribution in [1.29, 1.82) is 0 Å². The minimum Gasteiger partial charge on any atom is -0.508 e. The van der Waals surface area contributed by atoms with Crippen LogP contribution in [0, 0.1) is 17.2 Å². The molecule has 502 valence electrons. The topological polar surface area (TPSA) is 239 Å². The van der Waals surface area contributed by atoms with Crippen LogP contribution in [0.3, 0.4) is 0 Å². The largest absolute Gasteiger partial charge is 0.643 e. The van der Waals surface area contributed by atoms with Crippen molar-refractivity contribution in [2.24, 2.45) is 0 Å². The molecule has 17 nitrogen and oxygen atoms in total. The monoisotopic (exact) mass is 1480 g/mol. The van der Waals surface area contributed by atoms with E-state index < -0.39 is 21.6 Å². The SMILES string of the molecule is CC(=O)Cl.CC(=O)Oc1cccc(N(C)C)c1.CC(=O)c1ccc(N(C)C)cc1O.CC(=O)c1ccccc1.CCN(CC)CC.CN(C)c1cccc(O)c1.Cc1cc(-c2ccccc2)oc2cc(=[N+](C)C)ccc1-2.S.S=S.S=S=S.[Cl][Al]([Cl])[Cl].[O-][Cl+3]([O-])([O-])[O-]. The van der Waals surface area contributed by atoms with Gasteiger partial charge in [0.25, 0.3) is 0 Å². The molecular weight excluding hydrogens is 1400 g/mol. The molecular formula is C62H83AlCl5N5O12S6. The van der Waals surface area contributed by atoms with Gasteiger partial charge in [0.05, 0.1) is 11.6 Å². The Morgan fingerprint density at radius 3 is 1.37 bits per heavy atom. The lowest BCUT2D eigenvalue weighted by Crippen LogP contribution is -2.68. The highest BCUT2D eigenvalue weighted by Crippen LogP contribution is 2.31. The van der Waals surface area contributed by atoms with Gasteiger partial charge >= 0.3 is 17.4 Å². The summed E-state index contributed by atoms with van der Waals surface area (Å²) in [5, 5.41) is 19.3. The fourth-order valence-corrected chi connectivity index (χ4v) is 6.57. The van der Waals surface area contributed by atoms with E-state index in [-0.39, 0.29) is 42.0 Å². The number of hydrogen-bond donors (Lipinski definition) is 2. The van der Waals surface area contributed by atoms with Crippen LogP contribution >= 0.6 is 55.2 Å². The quantitative estimate of drug-likeness (QED) is 0.0324. The number of phenolic OH excluding ortho intramolecular Hbond substituents is 2. The number of nitrogens with zero attached hydrogens (tertiary/aromatic N) is 5. The number of Topliss-reactive ketones (excluding diaryl/α,β-unsaturated/α-hetero) is 2. The average molecular weight is 1490 g/mol. The van der Waals surface area contributed by atoms with E-state index in [9.17, 15) is 24.3 Å². The maximum atomic E-state index is 11.0. The second kappa shape index (κ2) is 55.7. The van der Waals surface area contributed by atoms with Crippen LogP contribution < -0.4 is 48.0 Å². The number of hydrogen-bond acceptors (Lipinski definition) is 20. The lowest BCUT2D eigenvalue weighted by Gasteiger charge is -2.17. The van der Waals surface area contributed by atoms with Crippen molar-refractivity contribution in [2.75, 3.05) is 90.7 Å². The number of carbonyl (C=O) groups is 4. The van der Waals surface area contributed by atoms with E-state index in [4.69, 9.17) is 63.0 Å². The van der Waals surface area contributed by atoms with Crippen molar-refractivity contribution in [3.05, 3.63) is 174 Å². The van der Waals surface area contributed by atoms with E-state index in [0.717, 1.165) is 59.5 Å². The molecule has 0 spiro atoms. The molecule has 1 aliphatic carbocycles. The van der Waals surface area contributed by atoms with Crippen LogP contribution in [-0.4, -0.2) is 125 Å². The van der Waals surface area contributed by atoms with Crippen molar-refractivity contribution in [3.8, 4) is 39.9 Å². The number of halogens is 5. The smallest absolute Gasteiger partial charge is 0.508 e.